The van der Waals surface area contributed by atoms with Crippen molar-refractivity contribution in [3.05, 3.63) is 29.8 Å². The second kappa shape index (κ2) is 10.8. The van der Waals surface area contributed by atoms with Gasteiger partial charge in [-0.1, -0.05) is 38.8 Å². The zero-order chi connectivity index (χ0) is 24.2. The van der Waals surface area contributed by atoms with Crippen LogP contribution in [0.1, 0.15) is 64.5 Å². The maximum absolute atomic E-state index is 13.2. The summed E-state index contributed by atoms with van der Waals surface area (Å²) in [7, 11) is -6.58. The highest BCUT2D eigenvalue weighted by Gasteiger charge is 2.38. The van der Waals surface area contributed by atoms with E-state index in [1.54, 1.807) is 24.3 Å². The second-order valence-electron chi connectivity index (χ2n) is 9.06. The minimum absolute atomic E-state index is 0.0587. The third-order valence-electron chi connectivity index (χ3n) is 6.89. The van der Waals surface area contributed by atoms with Crippen molar-refractivity contribution in [2.24, 2.45) is 0 Å². The summed E-state index contributed by atoms with van der Waals surface area (Å²) in [6, 6.07) is 6.50. The lowest BCUT2D eigenvalue weighted by Crippen LogP contribution is -2.50. The van der Waals surface area contributed by atoms with E-state index < -0.39 is 19.9 Å². The molecule has 186 valence electrons. The molecule has 0 spiro atoms. The number of sulfone groups is 1. The lowest BCUT2D eigenvalue weighted by molar-refractivity contribution is -0.134. The predicted octanol–water partition coefficient (Wildman–Crippen LogP) is 2.33. The number of amides is 1. The van der Waals surface area contributed by atoms with Crippen molar-refractivity contribution in [2.45, 2.75) is 75.9 Å². The van der Waals surface area contributed by atoms with Crippen molar-refractivity contribution in [2.75, 3.05) is 31.1 Å². The molecule has 0 aromatic heterocycles. The lowest BCUT2D eigenvalue weighted by Gasteiger charge is -2.34. The summed E-state index contributed by atoms with van der Waals surface area (Å²) in [4.78, 5) is 15.3. The normalized spacial score (nSPS) is 22.0. The van der Waals surface area contributed by atoms with Crippen molar-refractivity contribution < 1.29 is 21.6 Å². The number of nitrogens with one attached hydrogen (secondary N) is 1. The number of hydrogen-bond donors (Lipinski definition) is 1. The summed E-state index contributed by atoms with van der Waals surface area (Å²) < 4.78 is 50.8. The molecule has 1 aliphatic carbocycles. The van der Waals surface area contributed by atoms with Crippen LogP contribution in [0.2, 0.25) is 0 Å². The second-order valence-corrected chi connectivity index (χ2v) is 13.2. The van der Waals surface area contributed by atoms with Crippen LogP contribution in [0.4, 0.5) is 0 Å². The van der Waals surface area contributed by atoms with Gasteiger partial charge in [0.15, 0.2) is 9.84 Å². The third-order valence-corrected chi connectivity index (χ3v) is 10.7. The van der Waals surface area contributed by atoms with E-state index in [4.69, 9.17) is 0 Å². The smallest absolute Gasteiger partial charge is 0.243 e. The maximum Gasteiger partial charge on any atom is 0.243 e. The molecule has 1 aliphatic heterocycles. The van der Waals surface area contributed by atoms with Gasteiger partial charge in [0.2, 0.25) is 15.9 Å². The van der Waals surface area contributed by atoms with E-state index in [9.17, 15) is 21.6 Å². The average molecular weight is 500 g/mol. The highest BCUT2D eigenvalue weighted by atomic mass is 32.2. The summed E-state index contributed by atoms with van der Waals surface area (Å²) in [5.74, 6) is 0.158. The number of benzene rings is 1. The molecule has 1 amide bonds. The molecule has 1 saturated carbocycles. The Kier molecular flexibility index (Phi) is 8.58. The first kappa shape index (κ1) is 26.1. The Morgan fingerprint density at radius 3 is 2.18 bits per heavy atom. The van der Waals surface area contributed by atoms with Gasteiger partial charge in [-0.2, -0.15) is 4.31 Å². The van der Waals surface area contributed by atoms with Crippen LogP contribution in [0.5, 0.6) is 0 Å². The van der Waals surface area contributed by atoms with Crippen LogP contribution in [0.15, 0.2) is 29.2 Å². The molecule has 8 nitrogen and oxygen atoms in total. The standard InChI is InChI=1S/C23H37N3O5S2/c1-4-25(5-2)33(30,31)22-12-10-19(11-13-22)18(3)24-16-23(27)26(20-8-6-7-9-20)21-14-15-32(28,29)17-21/h10-13,18,20-21,24H,4-9,14-17H2,1-3H3/t18-,21-/m1/s1. The van der Waals surface area contributed by atoms with E-state index in [0.29, 0.717) is 19.5 Å². The molecule has 1 N–H and O–H groups in total. The largest absolute Gasteiger partial charge is 0.335 e. The lowest BCUT2D eigenvalue weighted by atomic mass is 10.1. The highest BCUT2D eigenvalue weighted by Crippen LogP contribution is 2.29. The fourth-order valence-electron chi connectivity index (χ4n) is 4.97. The van der Waals surface area contributed by atoms with Crippen molar-refractivity contribution in [3.8, 4) is 0 Å². The van der Waals surface area contributed by atoms with E-state index in [2.05, 4.69) is 5.32 Å². The fraction of sp³-hybridized carbons (Fsp3) is 0.696. The number of rotatable bonds is 10. The van der Waals surface area contributed by atoms with E-state index in [1.807, 2.05) is 25.7 Å². The first-order valence-electron chi connectivity index (χ1n) is 11.9. The molecule has 33 heavy (non-hydrogen) atoms. The number of hydrogen-bond acceptors (Lipinski definition) is 6. The van der Waals surface area contributed by atoms with Gasteiger partial charge in [0.1, 0.15) is 0 Å². The van der Waals surface area contributed by atoms with Crippen molar-refractivity contribution in [3.63, 3.8) is 0 Å². The SMILES string of the molecule is CCN(CC)S(=O)(=O)c1ccc([C@@H](C)NCC(=O)N(C2CCCC2)[C@@H]2CCS(=O)(=O)C2)cc1. The Morgan fingerprint density at radius 1 is 1.06 bits per heavy atom. The quantitative estimate of drug-likeness (QED) is 0.530. The molecular weight excluding hydrogens is 462 g/mol. The third kappa shape index (κ3) is 6.15. The maximum atomic E-state index is 13.2. The van der Waals surface area contributed by atoms with Gasteiger partial charge in [0.05, 0.1) is 22.9 Å². The Morgan fingerprint density at radius 2 is 1.67 bits per heavy atom. The summed E-state index contributed by atoms with van der Waals surface area (Å²) in [6.07, 6.45) is 4.52. The molecule has 1 heterocycles. The predicted molar refractivity (Wildman–Crippen MR) is 129 cm³/mol. The minimum Gasteiger partial charge on any atom is -0.335 e. The van der Waals surface area contributed by atoms with E-state index >= 15 is 0 Å². The zero-order valence-corrected chi connectivity index (χ0v) is 21.5. The van der Waals surface area contributed by atoms with Crippen LogP contribution in [-0.4, -0.2) is 75.2 Å². The number of carbonyl (C=O) groups excluding carboxylic acids is 1. The molecule has 10 heteroatoms. The van der Waals surface area contributed by atoms with Gasteiger partial charge < -0.3 is 10.2 Å². The molecule has 1 aromatic rings. The van der Waals surface area contributed by atoms with Crippen molar-refractivity contribution in [1.29, 1.82) is 0 Å². The molecule has 1 aromatic carbocycles. The van der Waals surface area contributed by atoms with Crippen molar-refractivity contribution in [1.82, 2.24) is 14.5 Å². The van der Waals surface area contributed by atoms with E-state index in [1.165, 1.54) is 4.31 Å². The zero-order valence-electron chi connectivity index (χ0n) is 19.9. The molecule has 1 saturated heterocycles. The molecule has 0 bridgehead atoms. The monoisotopic (exact) mass is 499 g/mol. The highest BCUT2D eigenvalue weighted by molar-refractivity contribution is 7.91. The average Bonchev–Trinajstić information content (AvgIpc) is 3.43. The Labute approximate surface area is 198 Å². The number of sulfonamides is 1. The molecular formula is C23H37N3O5S2. The molecule has 0 radical (unpaired) electrons. The van der Waals surface area contributed by atoms with Crippen LogP contribution >= 0.6 is 0 Å². The summed E-state index contributed by atoms with van der Waals surface area (Å²) >= 11 is 0. The first-order chi connectivity index (χ1) is 15.6. The van der Waals surface area contributed by atoms with Gasteiger partial charge in [-0.15, -0.1) is 0 Å². The number of nitrogens with zero attached hydrogens (tertiary/aromatic N) is 2. The van der Waals surface area contributed by atoms with Gasteiger partial charge in [-0.3, -0.25) is 4.79 Å². The summed E-state index contributed by atoms with van der Waals surface area (Å²) in [6.45, 7) is 6.51. The van der Waals surface area contributed by atoms with E-state index in [0.717, 1.165) is 31.2 Å². The summed E-state index contributed by atoms with van der Waals surface area (Å²) in [5, 5.41) is 3.25. The molecule has 3 rings (SSSR count). The summed E-state index contributed by atoms with van der Waals surface area (Å²) in [5.41, 5.74) is 0.886. The Balaban J connectivity index is 1.65. The first-order valence-corrected chi connectivity index (χ1v) is 15.2. The van der Waals surface area contributed by atoms with Gasteiger partial charge in [0, 0.05) is 31.2 Å². The van der Waals surface area contributed by atoms with Crippen molar-refractivity contribution >= 4 is 25.8 Å². The van der Waals surface area contributed by atoms with Crippen LogP contribution < -0.4 is 5.32 Å². The van der Waals surface area contributed by atoms with Crippen LogP contribution in [0.25, 0.3) is 0 Å². The van der Waals surface area contributed by atoms with Gasteiger partial charge in [-0.25, -0.2) is 16.8 Å². The Hall–Kier alpha value is -1.49. The van der Waals surface area contributed by atoms with Gasteiger partial charge in [-0.05, 0) is 43.9 Å². The Bertz CT molecular complexity index is 1010. The molecule has 2 aliphatic rings. The minimum atomic E-state index is -3.51. The number of carbonyl (C=O) groups is 1. The van der Waals surface area contributed by atoms with Crippen LogP contribution in [0, 0.1) is 0 Å². The van der Waals surface area contributed by atoms with Gasteiger partial charge in [0.25, 0.3) is 0 Å². The molecule has 0 unspecified atom stereocenters. The van der Waals surface area contributed by atoms with Crippen LogP contribution in [0.3, 0.4) is 0 Å². The topological polar surface area (TPSA) is 104 Å². The van der Waals surface area contributed by atoms with Gasteiger partial charge >= 0.3 is 0 Å². The fourth-order valence-corrected chi connectivity index (χ4v) is 8.14. The molecule has 2 atom stereocenters. The van der Waals surface area contributed by atoms with E-state index in [-0.39, 0.29) is 47.0 Å². The van der Waals surface area contributed by atoms with Crippen LogP contribution in [-0.2, 0) is 24.7 Å². The molecule has 2 fully saturated rings.